The first-order chi connectivity index (χ1) is 8.69. The van der Waals surface area contributed by atoms with Gasteiger partial charge in [0.2, 0.25) is 0 Å². The summed E-state index contributed by atoms with van der Waals surface area (Å²) in [5.74, 6) is -0.915. The molecular formula is C14H17NO3S. The van der Waals surface area contributed by atoms with Crippen molar-refractivity contribution in [2.45, 2.75) is 33.2 Å². The molecule has 0 saturated carbocycles. The molecule has 1 aromatic carbocycles. The Morgan fingerprint density at radius 1 is 1.21 bits per heavy atom. The average molecular weight is 279 g/mol. The summed E-state index contributed by atoms with van der Waals surface area (Å²) >= 11 is 1.32. The first-order valence-corrected chi connectivity index (χ1v) is 6.82. The van der Waals surface area contributed by atoms with Crippen LogP contribution in [0.15, 0.2) is 29.1 Å². The van der Waals surface area contributed by atoms with Gasteiger partial charge in [-0.1, -0.05) is 23.7 Å². The minimum absolute atomic E-state index is 0.125. The molecule has 0 fully saturated rings. The number of rotatable bonds is 3. The Kier molecular flexibility index (Phi) is 3.05. The van der Waals surface area contributed by atoms with Crippen molar-refractivity contribution in [2.75, 3.05) is 0 Å². The molecule has 1 heterocycles. The Morgan fingerprint density at radius 2 is 1.79 bits per heavy atom. The van der Waals surface area contributed by atoms with Gasteiger partial charge < -0.3 is 5.11 Å². The molecule has 4 nitrogen and oxygen atoms in total. The first-order valence-electron chi connectivity index (χ1n) is 6.04. The summed E-state index contributed by atoms with van der Waals surface area (Å²) in [5.41, 5.74) is -1.97. The number of fused-ring (bicyclic) bond motifs is 1. The number of carbonyl (C=O) groups is 1. The first kappa shape index (κ1) is 13.8. The maximum atomic E-state index is 12.4. The second-order valence-electron chi connectivity index (χ2n) is 5.68. The van der Waals surface area contributed by atoms with Crippen LogP contribution in [-0.4, -0.2) is 15.0 Å². The van der Waals surface area contributed by atoms with E-state index in [9.17, 15) is 14.7 Å². The molecule has 1 N–H and O–H groups in total. The SMILES string of the molecule is CC(C)(C(=O)O)C(C)(C)n1sc2ccccc2c1=O. The number of nitrogens with zero attached hydrogens (tertiary/aromatic N) is 1. The lowest BCUT2D eigenvalue weighted by atomic mass is 9.75. The van der Waals surface area contributed by atoms with E-state index in [-0.39, 0.29) is 5.56 Å². The third-order valence-corrected chi connectivity index (χ3v) is 5.42. The minimum Gasteiger partial charge on any atom is -0.481 e. The highest BCUT2D eigenvalue weighted by Crippen LogP contribution is 2.38. The smallest absolute Gasteiger partial charge is 0.311 e. The maximum Gasteiger partial charge on any atom is 0.311 e. The van der Waals surface area contributed by atoms with Crippen LogP contribution in [0.25, 0.3) is 10.1 Å². The molecule has 0 aliphatic heterocycles. The summed E-state index contributed by atoms with van der Waals surface area (Å²) < 4.78 is 2.45. The van der Waals surface area contributed by atoms with E-state index in [1.54, 1.807) is 37.7 Å². The molecule has 0 aliphatic rings. The largest absolute Gasteiger partial charge is 0.481 e. The van der Waals surface area contributed by atoms with Gasteiger partial charge in [-0.2, -0.15) is 0 Å². The summed E-state index contributed by atoms with van der Waals surface area (Å²) in [7, 11) is 0. The highest BCUT2D eigenvalue weighted by Gasteiger charge is 2.46. The van der Waals surface area contributed by atoms with E-state index in [1.165, 1.54) is 11.5 Å². The molecule has 102 valence electrons. The lowest BCUT2D eigenvalue weighted by molar-refractivity contribution is -0.152. The predicted octanol–water partition coefficient (Wildman–Crippen LogP) is 2.91. The summed E-state index contributed by atoms with van der Waals surface area (Å²) in [4.78, 5) is 23.9. The highest BCUT2D eigenvalue weighted by atomic mass is 32.1. The maximum absolute atomic E-state index is 12.4. The van der Waals surface area contributed by atoms with Gasteiger partial charge in [0, 0.05) is 0 Å². The molecule has 0 radical (unpaired) electrons. The van der Waals surface area contributed by atoms with Crippen LogP contribution >= 0.6 is 11.5 Å². The number of carboxylic acids is 1. The van der Waals surface area contributed by atoms with Crippen molar-refractivity contribution < 1.29 is 9.90 Å². The van der Waals surface area contributed by atoms with Crippen LogP contribution in [0.4, 0.5) is 0 Å². The van der Waals surface area contributed by atoms with E-state index < -0.39 is 16.9 Å². The number of hydrogen-bond acceptors (Lipinski definition) is 3. The Bertz CT molecular complexity index is 694. The number of aromatic nitrogens is 1. The fraction of sp³-hybridized carbons (Fsp3) is 0.429. The molecule has 1 aromatic heterocycles. The number of hydrogen-bond donors (Lipinski definition) is 1. The van der Waals surface area contributed by atoms with Crippen LogP contribution in [0.1, 0.15) is 27.7 Å². The van der Waals surface area contributed by atoms with Gasteiger partial charge in [0.25, 0.3) is 5.56 Å². The van der Waals surface area contributed by atoms with Gasteiger partial charge in [-0.05, 0) is 39.8 Å². The van der Waals surface area contributed by atoms with E-state index in [0.717, 1.165) is 4.70 Å². The zero-order valence-electron chi connectivity index (χ0n) is 11.4. The fourth-order valence-electron chi connectivity index (χ4n) is 1.86. The van der Waals surface area contributed by atoms with Crippen LogP contribution in [-0.2, 0) is 10.3 Å². The van der Waals surface area contributed by atoms with E-state index in [1.807, 2.05) is 18.2 Å². The zero-order chi connectivity index (χ0) is 14.4. The van der Waals surface area contributed by atoms with Crippen molar-refractivity contribution in [3.63, 3.8) is 0 Å². The van der Waals surface area contributed by atoms with Crippen LogP contribution in [0, 0.1) is 5.41 Å². The second kappa shape index (κ2) is 4.20. The topological polar surface area (TPSA) is 59.3 Å². The summed E-state index contributed by atoms with van der Waals surface area (Å²) in [5, 5.41) is 10.0. The van der Waals surface area contributed by atoms with Crippen molar-refractivity contribution in [3.05, 3.63) is 34.6 Å². The standard InChI is InChI=1S/C14H17NO3S/c1-13(2,12(17)18)14(3,4)15-11(16)9-7-5-6-8-10(9)19-15/h5-8H,1-4H3,(H,17,18). The number of carboxylic acid groups (broad SMARTS) is 1. The fourth-order valence-corrected chi connectivity index (χ4v) is 3.08. The molecule has 2 rings (SSSR count). The van der Waals surface area contributed by atoms with Crippen molar-refractivity contribution in [1.82, 2.24) is 3.96 Å². The van der Waals surface area contributed by atoms with Gasteiger partial charge in [0.1, 0.15) is 0 Å². The Hall–Kier alpha value is -1.62. The van der Waals surface area contributed by atoms with Gasteiger partial charge in [0.15, 0.2) is 0 Å². The number of benzene rings is 1. The van der Waals surface area contributed by atoms with Gasteiger partial charge in [-0.15, -0.1) is 0 Å². The lowest BCUT2D eigenvalue weighted by Crippen LogP contribution is -2.49. The number of aliphatic carboxylic acids is 1. The summed E-state index contributed by atoms with van der Waals surface area (Å²) in [6.07, 6.45) is 0. The third-order valence-electron chi connectivity index (χ3n) is 4.06. The minimum atomic E-state index is -1.04. The summed E-state index contributed by atoms with van der Waals surface area (Å²) in [6, 6.07) is 7.34. The summed E-state index contributed by atoms with van der Waals surface area (Å²) in [6.45, 7) is 6.87. The lowest BCUT2D eigenvalue weighted by Gasteiger charge is -2.38. The van der Waals surface area contributed by atoms with E-state index in [0.29, 0.717) is 5.39 Å². The van der Waals surface area contributed by atoms with Crippen LogP contribution < -0.4 is 5.56 Å². The molecule has 0 saturated heterocycles. The third kappa shape index (κ3) is 1.89. The van der Waals surface area contributed by atoms with Crippen molar-refractivity contribution in [2.24, 2.45) is 5.41 Å². The second-order valence-corrected chi connectivity index (χ2v) is 6.66. The van der Waals surface area contributed by atoms with Crippen molar-refractivity contribution in [1.29, 1.82) is 0 Å². The van der Waals surface area contributed by atoms with Crippen LogP contribution in [0.3, 0.4) is 0 Å². The highest BCUT2D eigenvalue weighted by molar-refractivity contribution is 7.13. The van der Waals surface area contributed by atoms with Crippen LogP contribution in [0.5, 0.6) is 0 Å². The van der Waals surface area contributed by atoms with E-state index in [2.05, 4.69) is 0 Å². The average Bonchev–Trinajstić information content (AvgIpc) is 2.67. The molecule has 0 atom stereocenters. The van der Waals surface area contributed by atoms with Gasteiger partial charge in [-0.3, -0.25) is 13.5 Å². The molecule has 2 aromatic rings. The van der Waals surface area contributed by atoms with Gasteiger partial charge >= 0.3 is 5.97 Å². The van der Waals surface area contributed by atoms with Crippen molar-refractivity contribution in [3.8, 4) is 0 Å². The molecule has 5 heteroatoms. The molecule has 0 bridgehead atoms. The van der Waals surface area contributed by atoms with E-state index >= 15 is 0 Å². The van der Waals surface area contributed by atoms with Gasteiger partial charge in [0.05, 0.1) is 21.0 Å². The predicted molar refractivity (Wildman–Crippen MR) is 76.8 cm³/mol. The van der Waals surface area contributed by atoms with Gasteiger partial charge in [-0.25, -0.2) is 0 Å². The molecule has 0 aliphatic carbocycles. The Labute approximate surface area is 115 Å². The quantitative estimate of drug-likeness (QED) is 0.939. The molecular weight excluding hydrogens is 262 g/mol. The van der Waals surface area contributed by atoms with E-state index in [4.69, 9.17) is 0 Å². The molecule has 19 heavy (non-hydrogen) atoms. The molecule has 0 spiro atoms. The monoisotopic (exact) mass is 279 g/mol. The molecule has 0 unspecified atom stereocenters. The Balaban J connectivity index is 2.71. The molecule has 0 amide bonds. The van der Waals surface area contributed by atoms with Crippen LogP contribution in [0.2, 0.25) is 0 Å². The van der Waals surface area contributed by atoms with Crippen molar-refractivity contribution >= 4 is 27.6 Å². The Morgan fingerprint density at radius 3 is 2.32 bits per heavy atom. The normalized spacial score (nSPS) is 12.8. The zero-order valence-corrected chi connectivity index (χ0v) is 12.2.